The van der Waals surface area contributed by atoms with Crippen LogP contribution in [0.25, 0.3) is 82.8 Å². The number of para-hydroxylation sites is 3. The monoisotopic (exact) mass is 768 g/mol. The molecular weight excluding hydrogens is 729 g/mol. The van der Waals surface area contributed by atoms with E-state index in [1.54, 1.807) is 0 Å². The van der Waals surface area contributed by atoms with Crippen molar-refractivity contribution in [1.82, 2.24) is 4.57 Å². The van der Waals surface area contributed by atoms with Gasteiger partial charge in [-0.2, -0.15) is 0 Å². The molecule has 12 rings (SSSR count). The van der Waals surface area contributed by atoms with Crippen molar-refractivity contribution in [2.24, 2.45) is 0 Å². The number of furan rings is 1. The minimum Gasteiger partial charge on any atom is -0.455 e. The van der Waals surface area contributed by atoms with Crippen molar-refractivity contribution in [2.75, 3.05) is 4.90 Å². The van der Waals surface area contributed by atoms with Gasteiger partial charge in [0.15, 0.2) is 0 Å². The summed E-state index contributed by atoms with van der Waals surface area (Å²) in [7, 11) is 0. The van der Waals surface area contributed by atoms with E-state index in [1.165, 1.54) is 38.8 Å². The maximum Gasteiger partial charge on any atom is 0.146 e. The van der Waals surface area contributed by atoms with E-state index in [-0.39, 0.29) is 5.41 Å². The highest BCUT2D eigenvalue weighted by molar-refractivity contribution is 6.27. The minimum absolute atomic E-state index is 0.117. The number of hydrogen-bond donors (Lipinski definition) is 0. The summed E-state index contributed by atoms with van der Waals surface area (Å²) in [4.78, 5) is 2.40. The van der Waals surface area contributed by atoms with Gasteiger partial charge in [0.1, 0.15) is 11.2 Å². The Kier molecular flexibility index (Phi) is 7.58. The van der Waals surface area contributed by atoms with Crippen molar-refractivity contribution in [3.05, 3.63) is 217 Å². The van der Waals surface area contributed by atoms with E-state index in [2.05, 4.69) is 230 Å². The number of nitrogens with zero attached hydrogens (tertiary/aromatic N) is 2. The molecule has 284 valence electrons. The maximum atomic E-state index is 6.86. The van der Waals surface area contributed by atoms with Gasteiger partial charge >= 0.3 is 0 Å². The fourth-order valence-electron chi connectivity index (χ4n) is 9.92. The molecule has 0 N–H and O–H groups in total. The van der Waals surface area contributed by atoms with Crippen molar-refractivity contribution >= 4 is 60.8 Å². The number of aromatic nitrogens is 1. The molecule has 1 aliphatic rings. The van der Waals surface area contributed by atoms with E-state index < -0.39 is 0 Å². The van der Waals surface area contributed by atoms with Crippen molar-refractivity contribution < 1.29 is 4.42 Å². The van der Waals surface area contributed by atoms with E-state index in [9.17, 15) is 0 Å². The van der Waals surface area contributed by atoms with Gasteiger partial charge < -0.3 is 13.9 Å². The fourth-order valence-corrected chi connectivity index (χ4v) is 9.92. The van der Waals surface area contributed by atoms with Gasteiger partial charge in [-0.15, -0.1) is 0 Å². The minimum atomic E-state index is -0.117. The van der Waals surface area contributed by atoms with Crippen LogP contribution in [0, 0.1) is 0 Å². The van der Waals surface area contributed by atoms with E-state index in [1.807, 2.05) is 0 Å². The zero-order valence-electron chi connectivity index (χ0n) is 33.4. The molecule has 0 saturated heterocycles. The molecule has 9 aromatic carbocycles. The predicted octanol–water partition coefficient (Wildman–Crippen LogP) is 15.8. The quantitative estimate of drug-likeness (QED) is 0.168. The molecule has 0 atom stereocenters. The lowest BCUT2D eigenvalue weighted by molar-refractivity contribution is 0.660. The second-order valence-corrected chi connectivity index (χ2v) is 16.5. The van der Waals surface area contributed by atoms with Crippen LogP contribution in [0.4, 0.5) is 17.1 Å². The summed E-state index contributed by atoms with van der Waals surface area (Å²) in [6.07, 6.45) is 0. The van der Waals surface area contributed by atoms with Crippen LogP contribution in [0.1, 0.15) is 25.0 Å². The van der Waals surface area contributed by atoms with E-state index in [0.29, 0.717) is 0 Å². The molecule has 3 nitrogen and oxygen atoms in total. The Morgan fingerprint density at radius 1 is 0.417 bits per heavy atom. The maximum absolute atomic E-state index is 6.86. The smallest absolute Gasteiger partial charge is 0.146 e. The third-order valence-electron chi connectivity index (χ3n) is 12.8. The van der Waals surface area contributed by atoms with Crippen molar-refractivity contribution in [1.29, 1.82) is 0 Å². The molecule has 0 saturated carbocycles. The molecule has 0 radical (unpaired) electrons. The predicted molar refractivity (Wildman–Crippen MR) is 251 cm³/mol. The third-order valence-corrected chi connectivity index (χ3v) is 12.8. The standard InChI is InChI=1S/C57H40N2O/c1-57(2)49-22-12-9-19-44(49)45-34-33-43(35-50(45)57)58(41-29-25-38(26-30-41)37-15-5-3-6-16-37)42-31-27-39(28-32-42)48-36-52-55(56-54(48)47-21-11-14-24-53(47)60-56)46-20-10-13-23-51(46)59(52)40-17-7-4-8-18-40/h3-36H,1-2H3. The largest absolute Gasteiger partial charge is 0.455 e. The average Bonchev–Trinajstić information content (AvgIpc) is 3.93. The summed E-state index contributed by atoms with van der Waals surface area (Å²) < 4.78 is 9.24. The number of hydrogen-bond acceptors (Lipinski definition) is 2. The molecule has 1 aliphatic carbocycles. The van der Waals surface area contributed by atoms with E-state index >= 15 is 0 Å². The van der Waals surface area contributed by atoms with Gasteiger partial charge in [-0.1, -0.05) is 153 Å². The highest BCUT2D eigenvalue weighted by Crippen LogP contribution is 2.51. The molecule has 0 spiro atoms. The Morgan fingerprint density at radius 2 is 1.00 bits per heavy atom. The molecule has 2 aromatic heterocycles. The average molecular weight is 769 g/mol. The Labute approximate surface area is 349 Å². The van der Waals surface area contributed by atoms with Crippen LogP contribution >= 0.6 is 0 Å². The molecule has 0 bridgehead atoms. The fraction of sp³-hybridized carbons (Fsp3) is 0.0526. The molecule has 0 aliphatic heterocycles. The van der Waals surface area contributed by atoms with Crippen LogP contribution in [0.5, 0.6) is 0 Å². The summed E-state index contributed by atoms with van der Waals surface area (Å²) >= 11 is 0. The SMILES string of the molecule is CC1(C)c2ccccc2-c2ccc(N(c3ccc(-c4ccccc4)cc3)c3ccc(-c4cc5c(c6ccccc6n5-c5ccccc5)c5oc6ccccc6c45)cc3)cc21. The van der Waals surface area contributed by atoms with Crippen molar-refractivity contribution in [2.45, 2.75) is 19.3 Å². The van der Waals surface area contributed by atoms with Crippen LogP contribution in [0.2, 0.25) is 0 Å². The Hall–Kier alpha value is -7.62. The van der Waals surface area contributed by atoms with Gasteiger partial charge in [-0.3, -0.25) is 0 Å². The van der Waals surface area contributed by atoms with Crippen LogP contribution in [-0.4, -0.2) is 4.57 Å². The molecule has 60 heavy (non-hydrogen) atoms. The third kappa shape index (κ3) is 5.15. The molecule has 0 unspecified atom stereocenters. The van der Waals surface area contributed by atoms with Gasteiger partial charge in [0.05, 0.1) is 16.4 Å². The molecule has 2 heterocycles. The van der Waals surface area contributed by atoms with Crippen LogP contribution < -0.4 is 4.90 Å². The Bertz CT molecular complexity index is 3430. The van der Waals surface area contributed by atoms with Crippen molar-refractivity contribution in [3.63, 3.8) is 0 Å². The summed E-state index contributed by atoms with van der Waals surface area (Å²) in [5.74, 6) is 0. The number of benzene rings is 9. The lowest BCUT2D eigenvalue weighted by Crippen LogP contribution is -2.16. The molecule has 11 aromatic rings. The Morgan fingerprint density at radius 3 is 1.77 bits per heavy atom. The van der Waals surface area contributed by atoms with E-state index in [4.69, 9.17) is 4.42 Å². The lowest BCUT2D eigenvalue weighted by atomic mass is 9.82. The van der Waals surface area contributed by atoms with Crippen molar-refractivity contribution in [3.8, 4) is 39.1 Å². The summed E-state index contributed by atoms with van der Waals surface area (Å²) in [5, 5.41) is 4.56. The second kappa shape index (κ2) is 13.2. The van der Waals surface area contributed by atoms with Crippen LogP contribution in [-0.2, 0) is 5.41 Å². The lowest BCUT2D eigenvalue weighted by Gasteiger charge is -2.28. The topological polar surface area (TPSA) is 21.3 Å². The first-order valence-corrected chi connectivity index (χ1v) is 20.8. The van der Waals surface area contributed by atoms with Crippen LogP contribution in [0.3, 0.4) is 0 Å². The first-order valence-electron chi connectivity index (χ1n) is 20.8. The zero-order chi connectivity index (χ0) is 40.0. The molecule has 3 heteroatoms. The molecule has 0 fully saturated rings. The number of rotatable bonds is 6. The highest BCUT2D eigenvalue weighted by Gasteiger charge is 2.35. The van der Waals surface area contributed by atoms with Crippen LogP contribution in [0.15, 0.2) is 211 Å². The first-order chi connectivity index (χ1) is 29.5. The van der Waals surface area contributed by atoms with Gasteiger partial charge in [0, 0.05) is 44.3 Å². The van der Waals surface area contributed by atoms with Gasteiger partial charge in [-0.05, 0) is 111 Å². The number of anilines is 3. The second-order valence-electron chi connectivity index (χ2n) is 16.5. The van der Waals surface area contributed by atoms with Gasteiger partial charge in [0.2, 0.25) is 0 Å². The summed E-state index contributed by atoms with van der Waals surface area (Å²) in [6.45, 7) is 4.70. The first kappa shape index (κ1) is 34.4. The zero-order valence-corrected chi connectivity index (χ0v) is 33.4. The summed E-state index contributed by atoms with van der Waals surface area (Å²) in [5.41, 5.74) is 18.5. The highest BCUT2D eigenvalue weighted by atomic mass is 16.3. The van der Waals surface area contributed by atoms with Gasteiger partial charge in [0.25, 0.3) is 0 Å². The number of fused-ring (bicyclic) bond motifs is 10. The molecular formula is C57H40N2O. The normalized spacial score (nSPS) is 13.0. The summed E-state index contributed by atoms with van der Waals surface area (Å²) in [6, 6.07) is 74.7. The molecule has 0 amide bonds. The van der Waals surface area contributed by atoms with Gasteiger partial charge in [-0.25, -0.2) is 0 Å². The van der Waals surface area contributed by atoms with E-state index in [0.717, 1.165) is 72.2 Å². The Balaban J connectivity index is 1.05.